The van der Waals surface area contributed by atoms with Gasteiger partial charge in [-0.3, -0.25) is 4.79 Å². The number of nitrogens with two attached hydrogens (primary N) is 1. The van der Waals surface area contributed by atoms with Gasteiger partial charge < -0.3 is 30.9 Å². The molecule has 0 spiro atoms. The first kappa shape index (κ1) is 24.0. The number of anilines is 4. The van der Waals surface area contributed by atoms with Gasteiger partial charge in [0.2, 0.25) is 5.95 Å². The zero-order valence-electron chi connectivity index (χ0n) is 20.7. The second kappa shape index (κ2) is 10.9. The Balaban J connectivity index is 1.48. The minimum absolute atomic E-state index is 0.135. The third-order valence-corrected chi connectivity index (χ3v) is 6.62. The topological polar surface area (TPSA) is 109 Å². The number of rotatable bonds is 1. The van der Waals surface area contributed by atoms with Crippen LogP contribution in [-0.2, 0) is 11.3 Å². The van der Waals surface area contributed by atoms with Crippen LogP contribution in [0.25, 0.3) is 11.3 Å². The van der Waals surface area contributed by atoms with Gasteiger partial charge in [-0.05, 0) is 67.9 Å². The Kier molecular flexibility index (Phi) is 7.29. The number of nitrogen functional groups attached to an aromatic ring is 1. The predicted octanol–water partition coefficient (Wildman–Crippen LogP) is 3.26. The molecule has 1 saturated heterocycles. The van der Waals surface area contributed by atoms with Crippen LogP contribution in [0.1, 0.15) is 28.8 Å². The fourth-order valence-corrected chi connectivity index (χ4v) is 4.54. The SMILES string of the molecule is CN1CCN(c2cc3cc(c2)Nc2nccc(n2)-c2ccc(cc2N)C(=O)NCCCCOC3)CC1. The van der Waals surface area contributed by atoms with E-state index in [0.29, 0.717) is 42.7 Å². The van der Waals surface area contributed by atoms with E-state index in [4.69, 9.17) is 15.5 Å². The maximum absolute atomic E-state index is 12.5. The Bertz CT molecular complexity index is 1220. The van der Waals surface area contributed by atoms with Crippen molar-refractivity contribution < 1.29 is 9.53 Å². The smallest absolute Gasteiger partial charge is 0.251 e. The summed E-state index contributed by atoms with van der Waals surface area (Å²) in [5, 5.41) is 6.35. The molecule has 1 fully saturated rings. The first-order chi connectivity index (χ1) is 17.5. The van der Waals surface area contributed by atoms with E-state index in [1.165, 1.54) is 0 Å². The van der Waals surface area contributed by atoms with E-state index < -0.39 is 0 Å². The zero-order valence-corrected chi connectivity index (χ0v) is 20.7. The molecule has 0 unspecified atom stereocenters. The molecule has 2 aromatic carbocycles. The highest BCUT2D eigenvalue weighted by Gasteiger charge is 2.17. The summed E-state index contributed by atoms with van der Waals surface area (Å²) in [7, 11) is 2.16. The minimum atomic E-state index is -0.135. The van der Waals surface area contributed by atoms with E-state index in [1.54, 1.807) is 18.3 Å². The van der Waals surface area contributed by atoms with Crippen molar-refractivity contribution in [3.05, 3.63) is 59.8 Å². The van der Waals surface area contributed by atoms with Gasteiger partial charge >= 0.3 is 0 Å². The van der Waals surface area contributed by atoms with Crippen LogP contribution < -0.4 is 21.3 Å². The fraction of sp³-hybridized carbons (Fsp3) is 0.370. The molecule has 4 N–H and O–H groups in total. The maximum atomic E-state index is 12.5. The van der Waals surface area contributed by atoms with Gasteiger partial charge in [-0.2, -0.15) is 0 Å². The first-order valence-corrected chi connectivity index (χ1v) is 12.5. The quantitative estimate of drug-likeness (QED) is 0.449. The molecule has 1 amide bonds. The number of hydrogen-bond donors (Lipinski definition) is 3. The molecule has 0 saturated carbocycles. The molecule has 9 heteroatoms. The molecule has 0 atom stereocenters. The molecule has 3 aliphatic rings. The number of likely N-dealkylation sites (N-methyl/N-ethyl adjacent to an activating group) is 1. The molecule has 0 aliphatic carbocycles. The summed E-state index contributed by atoms with van der Waals surface area (Å²) >= 11 is 0. The van der Waals surface area contributed by atoms with Gasteiger partial charge in [0, 0.05) is 73.7 Å². The summed E-state index contributed by atoms with van der Waals surface area (Å²) in [6.45, 7) is 5.76. The van der Waals surface area contributed by atoms with Gasteiger partial charge in [-0.25, -0.2) is 9.97 Å². The average Bonchev–Trinajstić information content (AvgIpc) is 2.88. The van der Waals surface area contributed by atoms with Crippen molar-refractivity contribution in [3.63, 3.8) is 0 Å². The van der Waals surface area contributed by atoms with Crippen molar-refractivity contribution in [1.29, 1.82) is 0 Å². The summed E-state index contributed by atoms with van der Waals surface area (Å²) in [5.74, 6) is 0.346. The standard InChI is InChI=1S/C27H33N7O2/c1-33-9-11-34(12-10-33)22-15-19-14-21(17-22)31-27-30-8-6-25(32-27)23-5-4-20(16-24(23)28)26(35)29-7-2-3-13-36-18-19/h4-6,8,14-17H,2-3,7,9-13,18,28H2,1H3,(H,29,35)(H,30,31,32). The number of aromatic nitrogens is 2. The molecule has 0 radical (unpaired) electrons. The highest BCUT2D eigenvalue weighted by Crippen LogP contribution is 2.29. The van der Waals surface area contributed by atoms with E-state index >= 15 is 0 Å². The molecule has 6 rings (SSSR count). The molecule has 1 aromatic heterocycles. The lowest BCUT2D eigenvalue weighted by molar-refractivity contribution is 0.0946. The molecule has 3 aromatic rings. The highest BCUT2D eigenvalue weighted by atomic mass is 16.5. The highest BCUT2D eigenvalue weighted by molar-refractivity contribution is 5.96. The average molecular weight is 488 g/mol. The predicted molar refractivity (Wildman–Crippen MR) is 143 cm³/mol. The van der Waals surface area contributed by atoms with Crippen LogP contribution in [0.3, 0.4) is 0 Å². The lowest BCUT2D eigenvalue weighted by Gasteiger charge is -2.34. The first-order valence-electron chi connectivity index (χ1n) is 12.5. The number of amides is 1. The second-order valence-electron chi connectivity index (χ2n) is 9.39. The summed E-state index contributed by atoms with van der Waals surface area (Å²) in [4.78, 5) is 26.4. The van der Waals surface area contributed by atoms with Crippen LogP contribution >= 0.6 is 0 Å². The van der Waals surface area contributed by atoms with Crippen LogP contribution in [0.4, 0.5) is 23.0 Å². The fourth-order valence-electron chi connectivity index (χ4n) is 4.54. The Morgan fingerprint density at radius 2 is 1.89 bits per heavy atom. The zero-order chi connectivity index (χ0) is 24.9. The number of fused-ring (bicyclic) bond motifs is 9. The number of nitrogens with one attached hydrogen (secondary N) is 2. The lowest BCUT2D eigenvalue weighted by Crippen LogP contribution is -2.44. The Morgan fingerprint density at radius 1 is 1.03 bits per heavy atom. The van der Waals surface area contributed by atoms with Gasteiger partial charge in [-0.15, -0.1) is 0 Å². The molecule has 3 aliphatic heterocycles. The number of ether oxygens (including phenoxy) is 1. The monoisotopic (exact) mass is 487 g/mol. The number of benzene rings is 2. The molecular formula is C27H33N7O2. The molecule has 9 nitrogen and oxygen atoms in total. The molecule has 6 bridgehead atoms. The number of piperazine rings is 1. The summed E-state index contributed by atoms with van der Waals surface area (Å²) in [5.41, 5.74) is 12.0. The normalized spacial score (nSPS) is 17.5. The van der Waals surface area contributed by atoms with Crippen molar-refractivity contribution >= 4 is 28.9 Å². The molecular weight excluding hydrogens is 454 g/mol. The Labute approximate surface area is 211 Å². The number of carbonyl (C=O) groups is 1. The van der Waals surface area contributed by atoms with E-state index in [-0.39, 0.29) is 5.91 Å². The van der Waals surface area contributed by atoms with Crippen LogP contribution in [0.2, 0.25) is 0 Å². The van der Waals surface area contributed by atoms with Crippen LogP contribution in [-0.4, -0.2) is 67.2 Å². The summed E-state index contributed by atoms with van der Waals surface area (Å²) < 4.78 is 5.99. The number of hydrogen-bond acceptors (Lipinski definition) is 8. The van der Waals surface area contributed by atoms with E-state index in [0.717, 1.165) is 61.5 Å². The van der Waals surface area contributed by atoms with E-state index in [2.05, 4.69) is 50.7 Å². The van der Waals surface area contributed by atoms with Crippen molar-refractivity contribution in [2.75, 3.05) is 62.3 Å². The molecule has 36 heavy (non-hydrogen) atoms. The number of carbonyl (C=O) groups excluding carboxylic acids is 1. The molecule has 4 heterocycles. The van der Waals surface area contributed by atoms with Gasteiger partial charge in [0.1, 0.15) is 0 Å². The maximum Gasteiger partial charge on any atom is 0.251 e. The third kappa shape index (κ3) is 5.75. The minimum Gasteiger partial charge on any atom is -0.398 e. The third-order valence-electron chi connectivity index (χ3n) is 6.62. The van der Waals surface area contributed by atoms with Crippen molar-refractivity contribution in [3.8, 4) is 11.3 Å². The Hall–Kier alpha value is -3.69. The van der Waals surface area contributed by atoms with Crippen LogP contribution in [0.5, 0.6) is 0 Å². The van der Waals surface area contributed by atoms with Crippen molar-refractivity contribution in [1.82, 2.24) is 20.2 Å². The van der Waals surface area contributed by atoms with Crippen LogP contribution in [0, 0.1) is 0 Å². The van der Waals surface area contributed by atoms with Gasteiger partial charge in [-0.1, -0.05) is 0 Å². The second-order valence-corrected chi connectivity index (χ2v) is 9.39. The summed E-state index contributed by atoms with van der Waals surface area (Å²) in [6, 6.07) is 13.6. The van der Waals surface area contributed by atoms with E-state index in [9.17, 15) is 4.79 Å². The van der Waals surface area contributed by atoms with Gasteiger partial charge in [0.15, 0.2) is 0 Å². The van der Waals surface area contributed by atoms with Crippen molar-refractivity contribution in [2.45, 2.75) is 19.4 Å². The molecule has 188 valence electrons. The lowest BCUT2D eigenvalue weighted by atomic mass is 10.1. The number of nitrogens with zero attached hydrogens (tertiary/aromatic N) is 4. The van der Waals surface area contributed by atoms with Gasteiger partial charge in [0.25, 0.3) is 5.91 Å². The van der Waals surface area contributed by atoms with E-state index in [1.807, 2.05) is 12.1 Å². The van der Waals surface area contributed by atoms with Gasteiger partial charge in [0.05, 0.1) is 12.3 Å². The van der Waals surface area contributed by atoms with Crippen LogP contribution in [0.15, 0.2) is 48.7 Å². The van der Waals surface area contributed by atoms with Crippen molar-refractivity contribution in [2.24, 2.45) is 0 Å². The Morgan fingerprint density at radius 3 is 2.72 bits per heavy atom. The summed E-state index contributed by atoms with van der Waals surface area (Å²) in [6.07, 6.45) is 3.42. The largest absolute Gasteiger partial charge is 0.398 e.